The van der Waals surface area contributed by atoms with Gasteiger partial charge in [-0.05, 0) is 24.5 Å². The number of benzene rings is 2. The van der Waals surface area contributed by atoms with E-state index in [0.29, 0.717) is 28.5 Å². The molecule has 1 aliphatic rings. The smallest absolute Gasteiger partial charge is 0.289 e. The van der Waals surface area contributed by atoms with Crippen LogP contribution >= 0.6 is 0 Å². The van der Waals surface area contributed by atoms with Crippen LogP contribution in [0.4, 0.5) is 0 Å². The van der Waals surface area contributed by atoms with Crippen LogP contribution in [-0.2, 0) is 12.8 Å². The van der Waals surface area contributed by atoms with Crippen molar-refractivity contribution in [2.24, 2.45) is 5.10 Å². The lowest BCUT2D eigenvalue weighted by molar-refractivity contribution is 0.0949. The Kier molecular flexibility index (Phi) is 5.38. The molecule has 0 atom stereocenters. The first kappa shape index (κ1) is 19.5. The van der Waals surface area contributed by atoms with Crippen molar-refractivity contribution in [1.82, 2.24) is 15.6 Å². The predicted molar refractivity (Wildman–Crippen MR) is 113 cm³/mol. The Morgan fingerprint density at radius 3 is 2.57 bits per heavy atom. The number of carbonyl (C=O) groups excluding carboxylic acids is 1. The normalized spacial score (nSPS) is 12.2. The molecule has 0 radical (unpaired) electrons. The summed E-state index contributed by atoms with van der Waals surface area (Å²) in [6.45, 7) is 0. The molecule has 1 aromatic heterocycles. The predicted octanol–water partition coefficient (Wildman–Crippen LogP) is 2.97. The number of hydrogen-bond donors (Lipinski definition) is 2. The third kappa shape index (κ3) is 3.47. The zero-order valence-corrected chi connectivity index (χ0v) is 17.0. The molecule has 154 valence electrons. The molecule has 0 spiro atoms. The van der Waals surface area contributed by atoms with E-state index >= 15 is 0 Å². The lowest BCUT2D eigenvalue weighted by atomic mass is 9.89. The minimum atomic E-state index is -0.348. The van der Waals surface area contributed by atoms with Gasteiger partial charge in [-0.15, -0.1) is 0 Å². The van der Waals surface area contributed by atoms with Crippen molar-refractivity contribution >= 4 is 12.1 Å². The summed E-state index contributed by atoms with van der Waals surface area (Å²) in [4.78, 5) is 12.7. The summed E-state index contributed by atoms with van der Waals surface area (Å²) in [6.07, 6.45) is 3.12. The van der Waals surface area contributed by atoms with Gasteiger partial charge in [-0.3, -0.25) is 9.89 Å². The first-order chi connectivity index (χ1) is 14.7. The van der Waals surface area contributed by atoms with Crippen molar-refractivity contribution in [3.8, 4) is 28.5 Å². The summed E-state index contributed by atoms with van der Waals surface area (Å²) in [7, 11) is 4.65. The highest BCUT2D eigenvalue weighted by Gasteiger charge is 2.24. The maximum Gasteiger partial charge on any atom is 0.289 e. The van der Waals surface area contributed by atoms with Crippen LogP contribution < -0.4 is 19.6 Å². The molecular weight excluding hydrogens is 384 g/mol. The van der Waals surface area contributed by atoms with E-state index in [1.807, 2.05) is 18.2 Å². The maximum atomic E-state index is 12.7. The van der Waals surface area contributed by atoms with E-state index < -0.39 is 0 Å². The molecule has 0 saturated carbocycles. The van der Waals surface area contributed by atoms with Gasteiger partial charge in [0.2, 0.25) is 0 Å². The zero-order valence-electron chi connectivity index (χ0n) is 17.0. The number of nitrogens with one attached hydrogen (secondary N) is 2. The summed E-state index contributed by atoms with van der Waals surface area (Å²) in [6, 6.07) is 11.5. The average molecular weight is 406 g/mol. The van der Waals surface area contributed by atoms with Crippen molar-refractivity contribution in [1.29, 1.82) is 0 Å². The summed E-state index contributed by atoms with van der Waals surface area (Å²) in [5.41, 5.74) is 7.65. The number of amides is 1. The number of methoxy groups -OCH3 is 3. The van der Waals surface area contributed by atoms with Crippen LogP contribution in [0.3, 0.4) is 0 Å². The number of hydrazone groups is 1. The molecule has 1 heterocycles. The van der Waals surface area contributed by atoms with Gasteiger partial charge < -0.3 is 14.2 Å². The lowest BCUT2D eigenvalue weighted by Crippen LogP contribution is -2.20. The van der Waals surface area contributed by atoms with Crippen LogP contribution in [0.15, 0.2) is 41.5 Å². The molecule has 8 heteroatoms. The third-order valence-electron chi connectivity index (χ3n) is 5.12. The largest absolute Gasteiger partial charge is 0.496 e. The van der Waals surface area contributed by atoms with Crippen molar-refractivity contribution in [3.05, 3.63) is 58.8 Å². The molecule has 4 rings (SSSR count). The Morgan fingerprint density at radius 2 is 1.80 bits per heavy atom. The molecule has 30 heavy (non-hydrogen) atoms. The molecule has 8 nitrogen and oxygen atoms in total. The third-order valence-corrected chi connectivity index (χ3v) is 5.12. The Labute approximate surface area is 173 Å². The molecule has 0 aliphatic heterocycles. The van der Waals surface area contributed by atoms with Gasteiger partial charge in [0.15, 0.2) is 11.5 Å². The first-order valence-corrected chi connectivity index (χ1v) is 9.45. The van der Waals surface area contributed by atoms with Crippen molar-refractivity contribution < 1.29 is 19.0 Å². The van der Waals surface area contributed by atoms with Crippen LogP contribution in [-0.4, -0.2) is 43.6 Å². The van der Waals surface area contributed by atoms with Crippen molar-refractivity contribution in [2.75, 3.05) is 21.3 Å². The van der Waals surface area contributed by atoms with E-state index in [-0.39, 0.29) is 5.91 Å². The molecule has 0 saturated heterocycles. The van der Waals surface area contributed by atoms with Crippen LogP contribution in [0, 0.1) is 0 Å². The Hall–Kier alpha value is -3.81. The fraction of sp³-hybridized carbons (Fsp3) is 0.227. The first-order valence-electron chi connectivity index (χ1n) is 9.45. The number of aromatic amines is 1. The highest BCUT2D eigenvalue weighted by Crippen LogP contribution is 2.34. The van der Waals surface area contributed by atoms with E-state index in [4.69, 9.17) is 14.2 Å². The van der Waals surface area contributed by atoms with Gasteiger partial charge >= 0.3 is 0 Å². The van der Waals surface area contributed by atoms with E-state index in [1.165, 1.54) is 11.8 Å². The molecule has 2 aromatic carbocycles. The number of fused-ring (bicyclic) bond motifs is 3. The fourth-order valence-electron chi connectivity index (χ4n) is 3.62. The molecule has 1 aliphatic carbocycles. The topological polar surface area (TPSA) is 97.8 Å². The van der Waals surface area contributed by atoms with Gasteiger partial charge in [-0.2, -0.15) is 10.2 Å². The second kappa shape index (κ2) is 8.28. The number of hydrogen-bond acceptors (Lipinski definition) is 6. The number of rotatable bonds is 6. The average Bonchev–Trinajstić information content (AvgIpc) is 3.23. The van der Waals surface area contributed by atoms with Gasteiger partial charge in [0, 0.05) is 22.8 Å². The van der Waals surface area contributed by atoms with Crippen LogP contribution in [0.1, 0.15) is 27.2 Å². The molecule has 0 bridgehead atoms. The minimum Gasteiger partial charge on any atom is -0.496 e. The molecule has 0 unspecified atom stereocenters. The summed E-state index contributed by atoms with van der Waals surface area (Å²) < 4.78 is 16.0. The Morgan fingerprint density at radius 1 is 1.07 bits per heavy atom. The van der Waals surface area contributed by atoms with Gasteiger partial charge in [0.1, 0.15) is 11.4 Å². The molecular formula is C22H22N4O4. The van der Waals surface area contributed by atoms with Crippen LogP contribution in [0.25, 0.3) is 11.3 Å². The number of carbonyl (C=O) groups is 1. The second-order valence-electron chi connectivity index (χ2n) is 6.73. The molecule has 3 aromatic rings. The van der Waals surface area contributed by atoms with E-state index in [0.717, 1.165) is 29.7 Å². The highest BCUT2D eigenvalue weighted by atomic mass is 16.5. The minimum absolute atomic E-state index is 0.348. The summed E-state index contributed by atoms with van der Waals surface area (Å²) >= 11 is 0. The van der Waals surface area contributed by atoms with Crippen LogP contribution in [0.2, 0.25) is 0 Å². The Bertz CT molecular complexity index is 1120. The summed E-state index contributed by atoms with van der Waals surface area (Å²) in [5.74, 6) is 1.27. The van der Waals surface area contributed by atoms with E-state index in [9.17, 15) is 4.79 Å². The molecule has 0 fully saturated rings. The van der Waals surface area contributed by atoms with Crippen LogP contribution in [0.5, 0.6) is 17.2 Å². The van der Waals surface area contributed by atoms with Gasteiger partial charge in [0.25, 0.3) is 5.91 Å². The number of aryl methyl sites for hydroxylation is 1. The molecule has 1 amide bonds. The van der Waals surface area contributed by atoms with Gasteiger partial charge in [0.05, 0.1) is 33.2 Å². The van der Waals surface area contributed by atoms with Crippen molar-refractivity contribution in [3.63, 3.8) is 0 Å². The SMILES string of the molecule is COc1cc(OC)c(OC)cc1/C=N/NC(=O)c1[nH]nc2c1CCc1ccccc1-2. The summed E-state index contributed by atoms with van der Waals surface area (Å²) in [5, 5.41) is 11.3. The number of H-pyrrole nitrogens is 1. The zero-order chi connectivity index (χ0) is 21.1. The highest BCUT2D eigenvalue weighted by molar-refractivity contribution is 5.96. The second-order valence-corrected chi connectivity index (χ2v) is 6.73. The fourth-order valence-corrected chi connectivity index (χ4v) is 3.62. The number of nitrogens with zero attached hydrogens (tertiary/aromatic N) is 2. The number of aromatic nitrogens is 2. The Balaban J connectivity index is 1.54. The number of ether oxygens (including phenoxy) is 3. The quantitative estimate of drug-likeness (QED) is 0.485. The van der Waals surface area contributed by atoms with E-state index in [1.54, 1.807) is 33.5 Å². The maximum absolute atomic E-state index is 12.7. The van der Waals surface area contributed by atoms with Gasteiger partial charge in [-0.25, -0.2) is 5.43 Å². The lowest BCUT2D eigenvalue weighted by Gasteiger charge is -2.15. The van der Waals surface area contributed by atoms with Crippen molar-refractivity contribution in [2.45, 2.75) is 12.8 Å². The van der Waals surface area contributed by atoms with E-state index in [2.05, 4.69) is 26.8 Å². The standard InChI is InChI=1S/C22H22N4O4/c1-28-17-11-19(30-3)18(29-2)10-14(17)12-23-26-22(27)21-16-9-8-13-6-4-5-7-15(13)20(16)24-25-21/h4-7,10-12H,8-9H2,1-3H3,(H,24,25)(H,26,27)/b23-12+. The monoisotopic (exact) mass is 406 g/mol. The molecule has 2 N–H and O–H groups in total. The van der Waals surface area contributed by atoms with Gasteiger partial charge in [-0.1, -0.05) is 24.3 Å².